The third-order valence-corrected chi connectivity index (χ3v) is 7.21. The monoisotopic (exact) mass is 505 g/mol. The summed E-state index contributed by atoms with van der Waals surface area (Å²) in [6.07, 6.45) is 6.70. The number of likely N-dealkylation sites (tertiary alicyclic amines) is 1. The quantitative estimate of drug-likeness (QED) is 0.312. The Kier molecular flexibility index (Phi) is 7.15. The summed E-state index contributed by atoms with van der Waals surface area (Å²) in [6, 6.07) is 6.97. The number of pyridine rings is 1. The molecule has 1 aromatic carbocycles. The minimum Gasteiger partial charge on any atom is -0.326 e. The Morgan fingerprint density at radius 1 is 1.03 bits per heavy atom. The smallest absolute Gasteiger partial charge is 0.229 e. The molecule has 4 aromatic rings. The van der Waals surface area contributed by atoms with Crippen molar-refractivity contribution in [2.75, 3.05) is 18.4 Å². The fourth-order valence-corrected chi connectivity index (χ4v) is 5.20. The van der Waals surface area contributed by atoms with Crippen LogP contribution in [0.15, 0.2) is 36.7 Å². The molecule has 37 heavy (non-hydrogen) atoms. The summed E-state index contributed by atoms with van der Waals surface area (Å²) in [6.45, 7) is 11.2. The summed E-state index contributed by atoms with van der Waals surface area (Å²) >= 11 is 0. The van der Waals surface area contributed by atoms with Crippen LogP contribution in [0.5, 0.6) is 0 Å². The number of aromatic nitrogens is 5. The molecule has 5 rings (SSSR count). The first-order chi connectivity index (χ1) is 17.8. The number of nitrogens with zero attached hydrogens (tertiary/aromatic N) is 6. The van der Waals surface area contributed by atoms with E-state index in [9.17, 15) is 8.78 Å². The van der Waals surface area contributed by atoms with Crippen molar-refractivity contribution in [3.8, 4) is 11.3 Å². The first kappa shape index (κ1) is 25.2. The van der Waals surface area contributed by atoms with Gasteiger partial charge in [-0.1, -0.05) is 19.4 Å². The second kappa shape index (κ2) is 10.5. The van der Waals surface area contributed by atoms with Crippen LogP contribution in [-0.2, 0) is 6.54 Å². The van der Waals surface area contributed by atoms with Gasteiger partial charge in [-0.15, -0.1) is 0 Å². The van der Waals surface area contributed by atoms with Crippen molar-refractivity contribution in [3.05, 3.63) is 59.7 Å². The van der Waals surface area contributed by atoms with Gasteiger partial charge in [-0.2, -0.15) is 0 Å². The fourth-order valence-electron chi connectivity index (χ4n) is 5.20. The standard InChI is InChI=1S/C28H33F2N7/c1-5-19-8-10-36(11-9-19)16-20-6-7-25(31-14-20)34-28-32-15-23(30)26(35-28)21-12-22(29)27-24(13-21)37(17(2)3)18(4)33-27/h6-7,12-15,17,19H,5,8-11,16H2,1-4H3,(H,31,32,34,35). The number of anilines is 2. The van der Waals surface area contributed by atoms with Crippen LogP contribution in [0.25, 0.3) is 22.3 Å². The summed E-state index contributed by atoms with van der Waals surface area (Å²) in [7, 11) is 0. The third-order valence-electron chi connectivity index (χ3n) is 7.21. The number of halogens is 2. The van der Waals surface area contributed by atoms with E-state index in [1.807, 2.05) is 43.7 Å². The van der Waals surface area contributed by atoms with E-state index >= 15 is 0 Å². The summed E-state index contributed by atoms with van der Waals surface area (Å²) in [5.41, 5.74) is 2.35. The molecule has 0 saturated carbocycles. The Bertz CT molecular complexity index is 1390. The van der Waals surface area contributed by atoms with Crippen molar-refractivity contribution in [2.45, 2.75) is 59.5 Å². The topological polar surface area (TPSA) is 71.8 Å². The Balaban J connectivity index is 1.35. The highest BCUT2D eigenvalue weighted by Crippen LogP contribution is 2.30. The van der Waals surface area contributed by atoms with Gasteiger partial charge in [-0.3, -0.25) is 4.90 Å². The van der Waals surface area contributed by atoms with Crippen molar-refractivity contribution in [2.24, 2.45) is 5.92 Å². The van der Waals surface area contributed by atoms with E-state index in [0.29, 0.717) is 22.7 Å². The number of fused-ring (bicyclic) bond motifs is 1. The van der Waals surface area contributed by atoms with Crippen LogP contribution in [0.4, 0.5) is 20.5 Å². The normalized spacial score (nSPS) is 15.1. The second-order valence-electron chi connectivity index (χ2n) is 10.1. The molecule has 0 radical (unpaired) electrons. The van der Waals surface area contributed by atoms with Gasteiger partial charge in [-0.05, 0) is 76.4 Å². The Morgan fingerprint density at radius 3 is 2.49 bits per heavy atom. The van der Waals surface area contributed by atoms with Crippen molar-refractivity contribution in [3.63, 3.8) is 0 Å². The summed E-state index contributed by atoms with van der Waals surface area (Å²) in [5.74, 6) is 1.15. The summed E-state index contributed by atoms with van der Waals surface area (Å²) in [5, 5.41) is 3.05. The minimum absolute atomic E-state index is 0.0135. The number of hydrogen-bond acceptors (Lipinski definition) is 6. The van der Waals surface area contributed by atoms with E-state index in [0.717, 1.165) is 37.3 Å². The number of nitrogens with one attached hydrogen (secondary N) is 1. The van der Waals surface area contributed by atoms with Gasteiger partial charge in [0, 0.05) is 24.3 Å². The lowest BCUT2D eigenvalue weighted by Crippen LogP contribution is -2.33. The number of aryl methyl sites for hydroxylation is 1. The van der Waals surface area contributed by atoms with Crippen molar-refractivity contribution in [1.82, 2.24) is 29.4 Å². The summed E-state index contributed by atoms with van der Waals surface area (Å²) < 4.78 is 31.7. The van der Waals surface area contributed by atoms with Gasteiger partial charge in [0.1, 0.15) is 22.9 Å². The fraction of sp³-hybridized carbons (Fsp3) is 0.429. The lowest BCUT2D eigenvalue weighted by Gasteiger charge is -2.31. The van der Waals surface area contributed by atoms with Crippen molar-refractivity contribution in [1.29, 1.82) is 0 Å². The maximum atomic E-state index is 14.9. The zero-order valence-electron chi connectivity index (χ0n) is 21.8. The molecule has 1 saturated heterocycles. The minimum atomic E-state index is -0.633. The number of piperidine rings is 1. The third kappa shape index (κ3) is 5.32. The SMILES string of the molecule is CCC1CCN(Cc2ccc(Nc3ncc(F)c(-c4cc(F)c5nc(C)n(C(C)C)c5c4)n3)nc2)CC1. The van der Waals surface area contributed by atoms with Gasteiger partial charge in [0.25, 0.3) is 0 Å². The van der Waals surface area contributed by atoms with Crippen LogP contribution in [-0.4, -0.2) is 42.5 Å². The van der Waals surface area contributed by atoms with Gasteiger partial charge in [0.2, 0.25) is 5.95 Å². The molecule has 1 fully saturated rings. The molecule has 0 bridgehead atoms. The molecule has 9 heteroatoms. The Labute approximate surface area is 216 Å². The van der Waals surface area contributed by atoms with Gasteiger partial charge in [0.05, 0.1) is 11.7 Å². The number of hydrogen-bond donors (Lipinski definition) is 1. The van der Waals surface area contributed by atoms with Crippen LogP contribution in [0.2, 0.25) is 0 Å². The highest BCUT2D eigenvalue weighted by molar-refractivity contribution is 5.83. The molecular weight excluding hydrogens is 472 g/mol. The van der Waals surface area contributed by atoms with E-state index in [1.54, 1.807) is 6.07 Å². The van der Waals surface area contributed by atoms with Gasteiger partial charge in [0.15, 0.2) is 11.6 Å². The van der Waals surface area contributed by atoms with Crippen LogP contribution < -0.4 is 5.32 Å². The lowest BCUT2D eigenvalue weighted by molar-refractivity contribution is 0.175. The first-order valence-corrected chi connectivity index (χ1v) is 13.0. The molecule has 1 aliphatic rings. The lowest BCUT2D eigenvalue weighted by atomic mass is 9.94. The van der Waals surface area contributed by atoms with E-state index in [2.05, 4.69) is 37.1 Å². The number of imidazole rings is 1. The van der Waals surface area contributed by atoms with Crippen LogP contribution in [0, 0.1) is 24.5 Å². The average Bonchev–Trinajstić information content (AvgIpc) is 3.23. The highest BCUT2D eigenvalue weighted by atomic mass is 19.1. The van der Waals surface area contributed by atoms with E-state index in [-0.39, 0.29) is 23.2 Å². The summed E-state index contributed by atoms with van der Waals surface area (Å²) in [4.78, 5) is 19.7. The maximum Gasteiger partial charge on any atom is 0.229 e. The number of benzene rings is 1. The molecule has 0 atom stereocenters. The largest absolute Gasteiger partial charge is 0.326 e. The van der Waals surface area contributed by atoms with Crippen LogP contribution in [0.3, 0.4) is 0 Å². The average molecular weight is 506 g/mol. The zero-order chi connectivity index (χ0) is 26.1. The molecule has 0 aliphatic carbocycles. The molecule has 194 valence electrons. The molecule has 1 N–H and O–H groups in total. The Hall–Kier alpha value is -3.46. The van der Waals surface area contributed by atoms with Crippen LogP contribution >= 0.6 is 0 Å². The molecule has 0 unspecified atom stereocenters. The van der Waals surface area contributed by atoms with Gasteiger partial charge < -0.3 is 9.88 Å². The molecular formula is C28H33F2N7. The van der Waals surface area contributed by atoms with Gasteiger partial charge in [-0.25, -0.2) is 28.7 Å². The van der Waals surface area contributed by atoms with Crippen LogP contribution in [0.1, 0.15) is 57.5 Å². The molecule has 1 aliphatic heterocycles. The molecule has 0 amide bonds. The number of rotatable bonds is 7. The zero-order valence-corrected chi connectivity index (χ0v) is 21.8. The Morgan fingerprint density at radius 2 is 1.81 bits per heavy atom. The predicted octanol–water partition coefficient (Wildman–Crippen LogP) is 6.42. The van der Waals surface area contributed by atoms with E-state index < -0.39 is 11.6 Å². The molecule has 3 aromatic heterocycles. The highest BCUT2D eigenvalue weighted by Gasteiger charge is 2.19. The van der Waals surface area contributed by atoms with E-state index in [1.165, 1.54) is 25.3 Å². The first-order valence-electron chi connectivity index (χ1n) is 13.0. The molecule has 4 heterocycles. The predicted molar refractivity (Wildman–Crippen MR) is 142 cm³/mol. The second-order valence-corrected chi connectivity index (χ2v) is 10.1. The van der Waals surface area contributed by atoms with Gasteiger partial charge >= 0.3 is 0 Å². The van der Waals surface area contributed by atoms with Crippen molar-refractivity contribution < 1.29 is 8.78 Å². The maximum absolute atomic E-state index is 14.9. The molecule has 7 nitrogen and oxygen atoms in total. The van der Waals surface area contributed by atoms with E-state index in [4.69, 9.17) is 0 Å². The molecule has 0 spiro atoms. The van der Waals surface area contributed by atoms with Crippen molar-refractivity contribution >= 4 is 22.8 Å².